The number of anilines is 1. The maximum atomic E-state index is 12.6. The molecule has 1 atom stereocenters. The van der Waals surface area contributed by atoms with Gasteiger partial charge in [0.1, 0.15) is 11.5 Å². The summed E-state index contributed by atoms with van der Waals surface area (Å²) in [7, 11) is 1.93. The molecule has 0 heterocycles. The molecule has 0 aliphatic heterocycles. The molecule has 0 spiro atoms. The third-order valence-electron chi connectivity index (χ3n) is 3.82. The molecule has 0 aliphatic carbocycles. The fourth-order valence-electron chi connectivity index (χ4n) is 2.55. The van der Waals surface area contributed by atoms with E-state index in [2.05, 4.69) is 14.0 Å². The number of ether oxygens (including phenoxy) is 2. The second-order valence-corrected chi connectivity index (χ2v) is 8.34. The van der Waals surface area contributed by atoms with Crippen LogP contribution in [0.15, 0.2) is 36.4 Å². The molecule has 0 aromatic heterocycles. The number of carboxylic acid groups (broad SMARTS) is 1. The molecule has 0 saturated heterocycles. The van der Waals surface area contributed by atoms with Crippen LogP contribution in [0.5, 0.6) is 11.5 Å². The van der Waals surface area contributed by atoms with E-state index in [1.54, 1.807) is 12.1 Å². The van der Waals surface area contributed by atoms with Gasteiger partial charge in [-0.3, -0.25) is 9.52 Å². The van der Waals surface area contributed by atoms with E-state index in [9.17, 15) is 23.1 Å². The van der Waals surface area contributed by atoms with Crippen molar-refractivity contribution < 1.29 is 32.6 Å². The molecule has 0 fully saturated rings. The largest absolute Gasteiger partial charge is 0.496 e. The highest BCUT2D eigenvalue weighted by Gasteiger charge is 2.17. The lowest BCUT2D eigenvalue weighted by atomic mass is 10.0. The molecule has 0 bridgehead atoms. The molecule has 0 saturated carbocycles. The van der Waals surface area contributed by atoms with Gasteiger partial charge in [0.05, 0.1) is 26.0 Å². The minimum atomic E-state index is -3.58. The number of hydrogen-bond donors (Lipinski definition) is 2. The molecule has 0 amide bonds. The number of rotatable bonds is 8. The Morgan fingerprint density at radius 1 is 1.07 bits per heavy atom. The van der Waals surface area contributed by atoms with E-state index in [1.807, 2.05) is 0 Å². The number of carboxylic acids is 1. The van der Waals surface area contributed by atoms with Crippen molar-refractivity contribution in [1.29, 1.82) is 0 Å². The Morgan fingerprint density at radius 2 is 1.72 bits per heavy atom. The number of aromatic carboxylic acids is 1. The predicted molar refractivity (Wildman–Crippen MR) is 114 cm³/mol. The summed E-state index contributed by atoms with van der Waals surface area (Å²) in [5.74, 6) is -0.842. The first kappa shape index (κ1) is 22.4. The van der Waals surface area contributed by atoms with Gasteiger partial charge in [0, 0.05) is 28.2 Å². The van der Waals surface area contributed by atoms with Crippen molar-refractivity contribution in [3.63, 3.8) is 0 Å². The number of carbonyl (C=O) groups excluding carboxylic acids is 1. The third kappa shape index (κ3) is 5.79. The van der Waals surface area contributed by atoms with Gasteiger partial charge in [-0.25, -0.2) is 13.2 Å². The van der Waals surface area contributed by atoms with Crippen LogP contribution in [0.25, 0.3) is 6.08 Å². The molecule has 1 unspecified atom stereocenters. The van der Waals surface area contributed by atoms with Crippen molar-refractivity contribution in [2.75, 3.05) is 25.2 Å². The second-order valence-electron chi connectivity index (χ2n) is 5.97. The van der Waals surface area contributed by atoms with Gasteiger partial charge in [-0.05, 0) is 36.4 Å². The molecule has 2 aromatic carbocycles. The summed E-state index contributed by atoms with van der Waals surface area (Å²) >= 11 is 0. The van der Waals surface area contributed by atoms with Crippen molar-refractivity contribution >= 4 is 48.1 Å². The Balaban J connectivity index is 2.40. The zero-order chi connectivity index (χ0) is 21.8. The van der Waals surface area contributed by atoms with Crippen molar-refractivity contribution in [2.24, 2.45) is 0 Å². The molecule has 0 aliphatic rings. The number of allylic oxidation sites excluding steroid dienone is 1. The molecule has 8 nitrogen and oxygen atoms in total. The highest BCUT2D eigenvalue weighted by molar-refractivity contribution is 7.92. The van der Waals surface area contributed by atoms with Gasteiger partial charge in [0.25, 0.3) is 0 Å². The van der Waals surface area contributed by atoms with E-state index in [1.165, 1.54) is 38.5 Å². The molecule has 10 heteroatoms. The minimum absolute atomic E-state index is 0.0508. The summed E-state index contributed by atoms with van der Waals surface area (Å²) in [6.45, 7) is 0. The van der Waals surface area contributed by atoms with E-state index >= 15 is 0 Å². The number of hydrogen-bond acceptors (Lipinski definition) is 6. The summed E-state index contributed by atoms with van der Waals surface area (Å²) < 4.78 is 35.4. The van der Waals surface area contributed by atoms with Gasteiger partial charge in [-0.15, -0.1) is 9.24 Å². The average molecular weight is 437 g/mol. The zero-order valence-corrected chi connectivity index (χ0v) is 17.9. The first-order valence-corrected chi connectivity index (χ1v) is 10.6. The summed E-state index contributed by atoms with van der Waals surface area (Å²) in [5.41, 5.74) is 0.252. The highest BCUT2D eigenvalue weighted by atomic mass is 32.2. The summed E-state index contributed by atoms with van der Waals surface area (Å²) in [6, 6.07) is 7.09. The van der Waals surface area contributed by atoms with Crippen molar-refractivity contribution in [3.8, 4) is 11.5 Å². The topological polar surface area (TPSA) is 119 Å². The molecule has 154 valence electrons. The number of sulfonamides is 1. The van der Waals surface area contributed by atoms with Gasteiger partial charge in [-0.2, -0.15) is 0 Å². The lowest BCUT2D eigenvalue weighted by Crippen LogP contribution is -2.12. The maximum Gasteiger partial charge on any atom is 0.336 e. The summed E-state index contributed by atoms with van der Waals surface area (Å²) in [5, 5.41) is 10.2. The van der Waals surface area contributed by atoms with Gasteiger partial charge in [0.15, 0.2) is 5.78 Å². The highest BCUT2D eigenvalue weighted by Crippen LogP contribution is 2.26. The Bertz CT molecular complexity index is 1090. The van der Waals surface area contributed by atoms with E-state index in [0.717, 1.165) is 17.6 Å². The van der Waals surface area contributed by atoms with E-state index in [0.29, 0.717) is 17.1 Å². The zero-order valence-electron chi connectivity index (χ0n) is 15.9. The van der Waals surface area contributed by atoms with Crippen LogP contribution in [0, 0.1) is 0 Å². The smallest absolute Gasteiger partial charge is 0.336 e. The lowest BCUT2D eigenvalue weighted by molar-refractivity contribution is 0.0693. The van der Waals surface area contributed by atoms with Crippen LogP contribution in [0.4, 0.5) is 5.69 Å². The molecule has 29 heavy (non-hydrogen) atoms. The normalized spacial score (nSPS) is 11.3. The van der Waals surface area contributed by atoms with Gasteiger partial charge < -0.3 is 14.6 Å². The quantitative estimate of drug-likeness (QED) is 0.369. The van der Waals surface area contributed by atoms with E-state index in [-0.39, 0.29) is 16.8 Å². The number of nitrogens with one attached hydrogen (secondary N) is 1. The Hall–Kier alpha value is -2.90. The predicted octanol–water partition coefficient (Wildman–Crippen LogP) is 2.17. The summed E-state index contributed by atoms with van der Waals surface area (Å²) in [6.07, 6.45) is 3.67. The fraction of sp³-hybridized carbons (Fsp3) is 0.158. The van der Waals surface area contributed by atoms with Crippen LogP contribution in [-0.2, 0) is 10.0 Å². The molecular weight excluding hydrogens is 417 g/mol. The van der Waals surface area contributed by atoms with Crippen LogP contribution in [0.3, 0.4) is 0 Å². The van der Waals surface area contributed by atoms with Gasteiger partial charge >= 0.3 is 5.97 Å². The van der Waals surface area contributed by atoms with Crippen molar-refractivity contribution in [3.05, 3.63) is 53.1 Å². The van der Waals surface area contributed by atoms with E-state index < -0.39 is 21.8 Å². The van der Waals surface area contributed by atoms with Gasteiger partial charge in [-0.1, -0.05) is 0 Å². The minimum Gasteiger partial charge on any atom is -0.496 e. The standard InChI is InChI=1S/C19H20NO7PS/c1-26-16-10-17(27-2)18(28)8-11(16)4-7-15(21)13-6-5-12(20-29(3,24)25)9-14(13)19(22)23/h4-10,20H,28H2,1-3H3,(H,22,23)/b7-4+. The SMILES string of the molecule is COc1cc(OC)c(/C=C/C(=O)c2ccc(NS(C)(=O)=O)cc2C(=O)O)cc1P. The van der Waals surface area contributed by atoms with E-state index in [4.69, 9.17) is 9.47 Å². The number of carbonyl (C=O) groups is 2. The monoisotopic (exact) mass is 437 g/mol. The molecule has 2 rings (SSSR count). The number of methoxy groups -OCH3 is 2. The first-order chi connectivity index (χ1) is 13.6. The fourth-order valence-corrected chi connectivity index (χ4v) is 3.48. The van der Waals surface area contributed by atoms with Crippen molar-refractivity contribution in [2.45, 2.75) is 0 Å². The maximum absolute atomic E-state index is 12.6. The molecule has 2 aromatic rings. The first-order valence-electron chi connectivity index (χ1n) is 8.14. The second kappa shape index (κ2) is 9.07. The number of benzene rings is 2. The Labute approximate surface area is 170 Å². The molecule has 0 radical (unpaired) electrons. The third-order valence-corrected chi connectivity index (χ3v) is 4.87. The number of ketones is 1. The van der Waals surface area contributed by atoms with Crippen LogP contribution in [0.2, 0.25) is 0 Å². The van der Waals surface area contributed by atoms with Crippen molar-refractivity contribution in [1.82, 2.24) is 0 Å². The lowest BCUT2D eigenvalue weighted by Gasteiger charge is -2.10. The van der Waals surface area contributed by atoms with Crippen LogP contribution in [-0.4, -0.2) is 45.8 Å². The Kier molecular flexibility index (Phi) is 7.00. The van der Waals surface area contributed by atoms with Crippen LogP contribution < -0.4 is 19.5 Å². The molecule has 2 N–H and O–H groups in total. The summed E-state index contributed by atoms with van der Waals surface area (Å²) in [4.78, 5) is 24.1. The molecular formula is C19H20NO7PS. The van der Waals surface area contributed by atoms with Crippen LogP contribution in [0.1, 0.15) is 26.3 Å². The van der Waals surface area contributed by atoms with Gasteiger partial charge in [0.2, 0.25) is 10.0 Å². The average Bonchev–Trinajstić information content (AvgIpc) is 2.64. The van der Waals surface area contributed by atoms with Crippen LogP contribution >= 0.6 is 9.24 Å². The Morgan fingerprint density at radius 3 is 2.28 bits per heavy atom.